The van der Waals surface area contributed by atoms with Crippen molar-refractivity contribution in [2.24, 2.45) is 0 Å². The van der Waals surface area contributed by atoms with Gasteiger partial charge in [0.15, 0.2) is 5.69 Å². The number of carbonyl (C=O) groups excluding carboxylic acids is 2. The Morgan fingerprint density at radius 3 is 2.48 bits per heavy atom. The van der Waals surface area contributed by atoms with E-state index in [-0.39, 0.29) is 0 Å². The third-order valence-corrected chi connectivity index (χ3v) is 3.66. The Labute approximate surface area is 139 Å². The molecule has 132 valence electrons. The number of rotatable bonds is 3. The molecule has 2 rings (SSSR count). The minimum Gasteiger partial charge on any atom is -0.480 e. The number of aromatic nitrogens is 1. The second-order valence-corrected chi connectivity index (χ2v) is 5.66. The fraction of sp³-hybridized carbons (Fsp3) is 0.357. The van der Waals surface area contributed by atoms with Crippen molar-refractivity contribution in [1.82, 2.24) is 9.88 Å². The smallest absolute Gasteiger partial charge is 0.419 e. The average molecular weight is 356 g/mol. The molecule has 0 aliphatic carbocycles. The minimum absolute atomic E-state index is 0.423. The number of carbonyl (C=O) groups is 3. The lowest BCUT2D eigenvalue weighted by Crippen LogP contribution is -2.46. The Hall–Kier alpha value is -3.16. The van der Waals surface area contributed by atoms with E-state index in [0.29, 0.717) is 11.0 Å². The lowest BCUT2D eigenvalue weighted by molar-refractivity contribution is -0.139. The Morgan fingerprint density at radius 1 is 1.40 bits per heavy atom. The topological polar surface area (TPSA) is 115 Å². The molecule has 1 aliphatic heterocycles. The molecule has 0 unspecified atom stereocenters. The van der Waals surface area contributed by atoms with E-state index < -0.39 is 53.1 Å². The highest BCUT2D eigenvalue weighted by Crippen LogP contribution is 2.36. The number of urea groups is 1. The highest BCUT2D eigenvalue weighted by molar-refractivity contribution is 6.23. The van der Waals surface area contributed by atoms with Gasteiger partial charge in [0.1, 0.15) is 18.2 Å². The highest BCUT2D eigenvalue weighted by atomic mass is 19.4. The number of halogens is 3. The van der Waals surface area contributed by atoms with Crippen LogP contribution in [0.25, 0.3) is 0 Å². The van der Waals surface area contributed by atoms with Crippen molar-refractivity contribution in [2.75, 3.05) is 11.4 Å². The van der Waals surface area contributed by atoms with Gasteiger partial charge in [-0.15, -0.1) is 0 Å². The largest absolute Gasteiger partial charge is 0.480 e. The van der Waals surface area contributed by atoms with Gasteiger partial charge in [-0.05, 0) is 19.9 Å². The molecule has 0 bridgehead atoms. The summed E-state index contributed by atoms with van der Waals surface area (Å²) < 4.78 is 39.1. The molecule has 0 saturated carbocycles. The van der Waals surface area contributed by atoms with Gasteiger partial charge in [0.2, 0.25) is 0 Å². The lowest BCUT2D eigenvalue weighted by Gasteiger charge is -2.25. The van der Waals surface area contributed by atoms with Crippen LogP contribution in [0.5, 0.6) is 0 Å². The molecule has 1 N–H and O–H groups in total. The van der Waals surface area contributed by atoms with Crippen molar-refractivity contribution in [3.05, 3.63) is 23.5 Å². The zero-order valence-corrected chi connectivity index (χ0v) is 13.0. The van der Waals surface area contributed by atoms with Crippen LogP contribution in [0, 0.1) is 11.3 Å². The number of hydrogen-bond donors (Lipinski definition) is 1. The standard InChI is InChI=1S/C14H11F3N4O4/c1-13(2)11(24)21(12(25)20(13)6-10(22)23)7-3-8(14(15,16)17)9(4-18)19-5-7/h3,5H,6H2,1-2H3,(H,22,23). The number of carboxylic acid groups (broad SMARTS) is 1. The summed E-state index contributed by atoms with van der Waals surface area (Å²) in [5.41, 5.74) is -4.37. The van der Waals surface area contributed by atoms with E-state index in [2.05, 4.69) is 4.98 Å². The fourth-order valence-corrected chi connectivity index (χ4v) is 2.35. The Kier molecular flexibility index (Phi) is 4.17. The first-order valence-corrected chi connectivity index (χ1v) is 6.76. The van der Waals surface area contributed by atoms with Gasteiger partial charge in [0.05, 0.1) is 17.4 Å². The van der Waals surface area contributed by atoms with Crippen molar-refractivity contribution < 1.29 is 32.7 Å². The van der Waals surface area contributed by atoms with Crippen molar-refractivity contribution >= 4 is 23.6 Å². The third kappa shape index (κ3) is 2.98. The van der Waals surface area contributed by atoms with Gasteiger partial charge in [0, 0.05) is 0 Å². The first kappa shape index (κ1) is 18.2. The molecule has 0 aromatic carbocycles. The van der Waals surface area contributed by atoms with Crippen LogP contribution in [0.3, 0.4) is 0 Å². The molecule has 11 heteroatoms. The van der Waals surface area contributed by atoms with Crippen LogP contribution in [0.4, 0.5) is 23.7 Å². The van der Waals surface area contributed by atoms with Gasteiger partial charge in [-0.1, -0.05) is 0 Å². The van der Waals surface area contributed by atoms with Crippen LogP contribution in [-0.4, -0.2) is 45.0 Å². The van der Waals surface area contributed by atoms with Crippen LogP contribution in [-0.2, 0) is 15.8 Å². The number of nitrogens with zero attached hydrogens (tertiary/aromatic N) is 4. The number of imide groups is 1. The first-order valence-electron chi connectivity index (χ1n) is 6.76. The van der Waals surface area contributed by atoms with Crippen LogP contribution >= 0.6 is 0 Å². The molecule has 1 fully saturated rings. The molecule has 0 spiro atoms. The van der Waals surface area contributed by atoms with Crippen LogP contribution < -0.4 is 4.90 Å². The molecule has 1 aromatic heterocycles. The van der Waals surface area contributed by atoms with Gasteiger partial charge in [0.25, 0.3) is 5.91 Å². The summed E-state index contributed by atoms with van der Waals surface area (Å²) in [6.45, 7) is 1.75. The summed E-state index contributed by atoms with van der Waals surface area (Å²) in [5, 5.41) is 17.6. The number of aliphatic carboxylic acids is 1. The number of nitriles is 1. The quantitative estimate of drug-likeness (QED) is 0.823. The number of amides is 3. The van der Waals surface area contributed by atoms with Crippen molar-refractivity contribution in [1.29, 1.82) is 5.26 Å². The van der Waals surface area contributed by atoms with Gasteiger partial charge in [-0.25, -0.2) is 14.7 Å². The average Bonchev–Trinajstić information content (AvgIpc) is 2.66. The van der Waals surface area contributed by atoms with Gasteiger partial charge in [-0.2, -0.15) is 18.4 Å². The van der Waals surface area contributed by atoms with Gasteiger partial charge in [-0.3, -0.25) is 14.5 Å². The summed E-state index contributed by atoms with van der Waals surface area (Å²) >= 11 is 0. The summed E-state index contributed by atoms with van der Waals surface area (Å²) in [6, 6.07) is 0.660. The molecule has 1 saturated heterocycles. The van der Waals surface area contributed by atoms with Crippen LogP contribution in [0.2, 0.25) is 0 Å². The summed E-state index contributed by atoms with van der Waals surface area (Å²) in [7, 11) is 0. The Morgan fingerprint density at radius 2 is 2.00 bits per heavy atom. The van der Waals surface area contributed by atoms with E-state index in [1.165, 1.54) is 19.9 Å². The predicted octanol–water partition coefficient (Wildman–Crippen LogP) is 1.60. The maximum atomic E-state index is 13.0. The SMILES string of the molecule is CC1(C)C(=O)N(c2cnc(C#N)c(C(F)(F)F)c2)C(=O)N1CC(=O)O. The molecule has 8 nitrogen and oxygen atoms in total. The zero-order chi connectivity index (χ0) is 19.2. The molecular weight excluding hydrogens is 345 g/mol. The number of anilines is 1. The fourth-order valence-electron chi connectivity index (χ4n) is 2.35. The summed E-state index contributed by atoms with van der Waals surface area (Å²) in [5.74, 6) is -2.29. The van der Waals surface area contributed by atoms with E-state index in [9.17, 15) is 27.6 Å². The Bertz CT molecular complexity index is 813. The van der Waals surface area contributed by atoms with Crippen molar-refractivity contribution in [2.45, 2.75) is 25.6 Å². The normalized spacial score (nSPS) is 17.0. The molecule has 1 aliphatic rings. The monoisotopic (exact) mass is 356 g/mol. The predicted molar refractivity (Wildman–Crippen MR) is 75.3 cm³/mol. The molecule has 0 atom stereocenters. The second kappa shape index (κ2) is 5.73. The van der Waals surface area contributed by atoms with Gasteiger partial charge < -0.3 is 5.11 Å². The van der Waals surface area contributed by atoms with E-state index in [4.69, 9.17) is 10.4 Å². The maximum absolute atomic E-state index is 13.0. The van der Waals surface area contributed by atoms with E-state index >= 15 is 0 Å². The number of hydrogen-bond acceptors (Lipinski definition) is 5. The number of pyridine rings is 1. The van der Waals surface area contributed by atoms with Crippen molar-refractivity contribution in [3.8, 4) is 6.07 Å². The van der Waals surface area contributed by atoms with E-state index in [0.717, 1.165) is 11.1 Å². The molecular formula is C14H11F3N4O4. The van der Waals surface area contributed by atoms with Crippen molar-refractivity contribution in [3.63, 3.8) is 0 Å². The van der Waals surface area contributed by atoms with E-state index in [1.807, 2.05) is 0 Å². The molecule has 1 aromatic rings. The maximum Gasteiger partial charge on any atom is 0.419 e. The first-order chi connectivity index (χ1) is 11.4. The Balaban J connectivity index is 2.56. The zero-order valence-electron chi connectivity index (χ0n) is 13.0. The number of alkyl halides is 3. The second-order valence-electron chi connectivity index (χ2n) is 5.66. The molecule has 2 heterocycles. The molecule has 3 amide bonds. The van der Waals surface area contributed by atoms with Gasteiger partial charge >= 0.3 is 18.2 Å². The molecule has 25 heavy (non-hydrogen) atoms. The minimum atomic E-state index is -4.92. The lowest BCUT2D eigenvalue weighted by atomic mass is 10.0. The summed E-state index contributed by atoms with van der Waals surface area (Å²) in [4.78, 5) is 40.2. The third-order valence-electron chi connectivity index (χ3n) is 3.66. The highest BCUT2D eigenvalue weighted by Gasteiger charge is 2.53. The number of carboxylic acids is 1. The van der Waals surface area contributed by atoms with E-state index in [1.54, 1.807) is 0 Å². The van der Waals surface area contributed by atoms with Crippen LogP contribution in [0.1, 0.15) is 25.1 Å². The molecule has 0 radical (unpaired) electrons. The summed E-state index contributed by atoms with van der Waals surface area (Å²) in [6.07, 6.45) is -4.14. The van der Waals surface area contributed by atoms with Crippen LogP contribution in [0.15, 0.2) is 12.3 Å².